The van der Waals surface area contributed by atoms with Crippen LogP contribution in [0, 0.1) is 5.92 Å². The number of benzene rings is 1. The van der Waals surface area contributed by atoms with Crippen molar-refractivity contribution in [3.8, 4) is 0 Å². The van der Waals surface area contributed by atoms with E-state index >= 15 is 0 Å². The van der Waals surface area contributed by atoms with Gasteiger partial charge in [0.15, 0.2) is 17.0 Å². The van der Waals surface area contributed by atoms with Crippen molar-refractivity contribution < 1.29 is 18.3 Å². The monoisotopic (exact) mass is 564 g/mol. The average molecular weight is 565 g/mol. The first kappa shape index (κ1) is 28.1. The van der Waals surface area contributed by atoms with E-state index in [1.807, 2.05) is 4.57 Å². The SMILES string of the molecule is CCC(c1ccc(C(F)(F)F)cc1)N1C[C@H](C)N(c2nc(Cl)nc3c2ncn3CC2CCC(O)C2)C[C@H]1CC. The van der Waals surface area contributed by atoms with Gasteiger partial charge < -0.3 is 14.6 Å². The lowest BCUT2D eigenvalue weighted by atomic mass is 9.95. The normalized spacial score (nSPS) is 25.5. The molecule has 3 aromatic rings. The molecule has 1 aromatic carbocycles. The number of hydrogen-bond donors (Lipinski definition) is 1. The zero-order valence-electron chi connectivity index (χ0n) is 22.6. The highest BCUT2D eigenvalue weighted by atomic mass is 35.5. The van der Waals surface area contributed by atoms with Crippen LogP contribution in [-0.4, -0.2) is 60.8 Å². The van der Waals surface area contributed by atoms with Crippen molar-refractivity contribution in [2.45, 2.75) is 89.8 Å². The molecule has 2 aliphatic rings. The van der Waals surface area contributed by atoms with E-state index in [0.717, 1.165) is 50.8 Å². The molecule has 1 saturated heterocycles. The molecule has 1 aliphatic heterocycles. The second kappa shape index (κ2) is 11.2. The Bertz CT molecular complexity index is 1280. The predicted octanol–water partition coefficient (Wildman–Crippen LogP) is 6.10. The van der Waals surface area contributed by atoms with Crippen LogP contribution in [0.1, 0.15) is 70.0 Å². The Morgan fingerprint density at radius 2 is 1.85 bits per heavy atom. The number of hydrogen-bond acceptors (Lipinski definition) is 6. The van der Waals surface area contributed by atoms with Crippen molar-refractivity contribution >= 4 is 28.6 Å². The summed E-state index contributed by atoms with van der Waals surface area (Å²) in [5, 5.41) is 10.1. The van der Waals surface area contributed by atoms with Gasteiger partial charge >= 0.3 is 6.18 Å². The van der Waals surface area contributed by atoms with Crippen LogP contribution in [0.2, 0.25) is 5.28 Å². The van der Waals surface area contributed by atoms with Crippen molar-refractivity contribution in [3.05, 3.63) is 47.0 Å². The number of aliphatic hydroxyl groups is 1. The first-order valence-corrected chi connectivity index (χ1v) is 14.2. The average Bonchev–Trinajstić information content (AvgIpc) is 3.50. The molecule has 5 atom stereocenters. The summed E-state index contributed by atoms with van der Waals surface area (Å²) in [6.45, 7) is 8.50. The van der Waals surface area contributed by atoms with Gasteiger partial charge in [0.1, 0.15) is 0 Å². The fourth-order valence-corrected chi connectivity index (χ4v) is 6.55. The Hall–Kier alpha value is -2.43. The minimum absolute atomic E-state index is 0.0109. The number of rotatable bonds is 7. The van der Waals surface area contributed by atoms with E-state index in [0.29, 0.717) is 29.4 Å². The molecule has 0 spiro atoms. The van der Waals surface area contributed by atoms with E-state index in [4.69, 9.17) is 16.6 Å². The van der Waals surface area contributed by atoms with Gasteiger partial charge in [-0.3, -0.25) is 4.90 Å². The van der Waals surface area contributed by atoms with E-state index in [2.05, 4.69) is 40.5 Å². The Labute approximate surface area is 232 Å². The lowest BCUT2D eigenvalue weighted by Crippen LogP contribution is -2.58. The van der Waals surface area contributed by atoms with Gasteiger partial charge in [-0.1, -0.05) is 26.0 Å². The quantitative estimate of drug-likeness (QED) is 0.350. The molecular weight excluding hydrogens is 529 g/mol. The molecular formula is C28H36ClF3N6O. The molecule has 0 radical (unpaired) electrons. The third-order valence-corrected chi connectivity index (χ3v) is 8.59. The third kappa shape index (κ3) is 5.74. The molecule has 3 unspecified atom stereocenters. The molecule has 2 aromatic heterocycles. The summed E-state index contributed by atoms with van der Waals surface area (Å²) in [7, 11) is 0. The number of alkyl halides is 3. The van der Waals surface area contributed by atoms with Crippen LogP contribution in [0.4, 0.5) is 19.0 Å². The topological polar surface area (TPSA) is 70.3 Å². The summed E-state index contributed by atoms with van der Waals surface area (Å²) in [4.78, 5) is 18.5. The Morgan fingerprint density at radius 3 is 2.46 bits per heavy atom. The third-order valence-electron chi connectivity index (χ3n) is 8.42. The first-order valence-electron chi connectivity index (χ1n) is 13.8. The van der Waals surface area contributed by atoms with Gasteiger partial charge in [0.05, 0.1) is 18.0 Å². The molecule has 11 heteroatoms. The maximum atomic E-state index is 13.1. The smallest absolute Gasteiger partial charge is 0.393 e. The van der Waals surface area contributed by atoms with Gasteiger partial charge in [0.2, 0.25) is 5.28 Å². The maximum Gasteiger partial charge on any atom is 0.416 e. The van der Waals surface area contributed by atoms with Crippen LogP contribution >= 0.6 is 11.6 Å². The molecule has 39 heavy (non-hydrogen) atoms. The second-order valence-electron chi connectivity index (χ2n) is 11.0. The fourth-order valence-electron chi connectivity index (χ4n) is 6.39. The zero-order chi connectivity index (χ0) is 27.9. The van der Waals surface area contributed by atoms with Crippen molar-refractivity contribution in [1.29, 1.82) is 0 Å². The van der Waals surface area contributed by atoms with Gasteiger partial charge in [-0.2, -0.15) is 23.1 Å². The van der Waals surface area contributed by atoms with E-state index in [9.17, 15) is 18.3 Å². The predicted molar refractivity (Wildman–Crippen MR) is 146 cm³/mol. The largest absolute Gasteiger partial charge is 0.416 e. The van der Waals surface area contributed by atoms with Crippen LogP contribution in [0.5, 0.6) is 0 Å². The van der Waals surface area contributed by atoms with Crippen LogP contribution in [0.15, 0.2) is 30.6 Å². The second-order valence-corrected chi connectivity index (χ2v) is 11.4. The highest BCUT2D eigenvalue weighted by Gasteiger charge is 2.37. The number of imidazole rings is 1. The van der Waals surface area contributed by atoms with Crippen molar-refractivity contribution in [3.63, 3.8) is 0 Å². The van der Waals surface area contributed by atoms with E-state index in [1.165, 1.54) is 12.1 Å². The Kier molecular flexibility index (Phi) is 8.08. The molecule has 1 N–H and O–H groups in total. The molecule has 0 bridgehead atoms. The summed E-state index contributed by atoms with van der Waals surface area (Å²) < 4.78 is 41.4. The van der Waals surface area contributed by atoms with E-state index < -0.39 is 11.7 Å². The fraction of sp³-hybridized carbons (Fsp3) is 0.607. The molecule has 5 rings (SSSR count). The van der Waals surface area contributed by atoms with Gasteiger partial charge in [-0.15, -0.1) is 0 Å². The van der Waals surface area contributed by atoms with Crippen molar-refractivity contribution in [2.24, 2.45) is 5.92 Å². The van der Waals surface area contributed by atoms with Crippen molar-refractivity contribution in [1.82, 2.24) is 24.4 Å². The number of aromatic nitrogens is 4. The number of aliphatic hydroxyl groups excluding tert-OH is 1. The number of piperazine rings is 1. The van der Waals surface area contributed by atoms with Crippen LogP contribution in [0.25, 0.3) is 11.2 Å². The van der Waals surface area contributed by atoms with Gasteiger partial charge in [-0.05, 0) is 74.2 Å². The summed E-state index contributed by atoms with van der Waals surface area (Å²) >= 11 is 6.44. The lowest BCUT2D eigenvalue weighted by Gasteiger charge is -2.48. The molecule has 2 fully saturated rings. The first-order chi connectivity index (χ1) is 18.6. The number of halogens is 4. The summed E-state index contributed by atoms with van der Waals surface area (Å²) in [5.74, 6) is 1.08. The molecule has 7 nitrogen and oxygen atoms in total. The molecule has 212 valence electrons. The summed E-state index contributed by atoms with van der Waals surface area (Å²) in [6.07, 6.45) is 1.45. The van der Waals surface area contributed by atoms with Crippen LogP contribution in [-0.2, 0) is 12.7 Å². The van der Waals surface area contributed by atoms with Crippen LogP contribution < -0.4 is 4.90 Å². The van der Waals surface area contributed by atoms with Gasteiger partial charge in [0, 0.05) is 37.8 Å². The maximum absolute atomic E-state index is 13.1. The van der Waals surface area contributed by atoms with Gasteiger partial charge in [0.25, 0.3) is 0 Å². The highest BCUT2D eigenvalue weighted by Crippen LogP contribution is 2.37. The van der Waals surface area contributed by atoms with E-state index in [1.54, 1.807) is 18.5 Å². The summed E-state index contributed by atoms with van der Waals surface area (Å²) in [5.41, 5.74) is 1.68. The lowest BCUT2D eigenvalue weighted by molar-refractivity contribution is -0.137. The molecule has 1 saturated carbocycles. The highest BCUT2D eigenvalue weighted by molar-refractivity contribution is 6.28. The summed E-state index contributed by atoms with van der Waals surface area (Å²) in [6, 6.07) is 5.84. The minimum Gasteiger partial charge on any atom is -0.393 e. The molecule has 1 aliphatic carbocycles. The van der Waals surface area contributed by atoms with Gasteiger partial charge in [-0.25, -0.2) is 4.98 Å². The molecule has 3 heterocycles. The minimum atomic E-state index is -4.35. The zero-order valence-corrected chi connectivity index (χ0v) is 23.3. The Balaban J connectivity index is 1.40. The number of fused-ring (bicyclic) bond motifs is 1. The number of nitrogens with zero attached hydrogens (tertiary/aromatic N) is 6. The van der Waals surface area contributed by atoms with E-state index in [-0.39, 0.29) is 29.5 Å². The number of anilines is 1. The standard InChI is InChI=1S/C28H36ClF3N6O/c1-4-21-15-37(17(3)13-38(21)23(5-2)19-7-9-20(10-8-19)28(30,31)32)26-24-25(34-27(29)35-26)36(16-33-24)14-18-6-11-22(39)12-18/h7-10,16-18,21-23,39H,4-6,11-15H2,1-3H3/t17-,18?,21+,22?,23?/m0/s1. The molecule has 0 amide bonds. The Morgan fingerprint density at radius 1 is 1.10 bits per heavy atom. The van der Waals surface area contributed by atoms with Crippen LogP contribution in [0.3, 0.4) is 0 Å². The van der Waals surface area contributed by atoms with Crippen molar-refractivity contribution in [2.75, 3.05) is 18.0 Å².